The molecule has 20 heavy (non-hydrogen) atoms. The van der Waals surface area contributed by atoms with Gasteiger partial charge in [-0.1, -0.05) is 15.9 Å². The maximum Gasteiger partial charge on any atom is 0.321 e. The van der Waals surface area contributed by atoms with E-state index in [4.69, 9.17) is 5.73 Å². The Bertz CT molecular complexity index is 645. The molecular formula is C11H14BrN3O4S. The summed E-state index contributed by atoms with van der Waals surface area (Å²) < 4.78 is 25.2. The van der Waals surface area contributed by atoms with Gasteiger partial charge in [0.25, 0.3) is 0 Å². The van der Waals surface area contributed by atoms with Crippen LogP contribution in [0.15, 0.2) is 27.6 Å². The fraction of sp³-hybridized carbons (Fsp3) is 0.273. The van der Waals surface area contributed by atoms with Crippen LogP contribution in [0.25, 0.3) is 0 Å². The normalized spacial score (nSPS) is 12.6. The van der Waals surface area contributed by atoms with Gasteiger partial charge in [-0.05, 0) is 25.1 Å². The summed E-state index contributed by atoms with van der Waals surface area (Å²) in [6.07, 6.45) is 0. The van der Waals surface area contributed by atoms with Crippen molar-refractivity contribution in [1.29, 1.82) is 0 Å². The number of halogens is 1. The number of benzene rings is 1. The minimum absolute atomic E-state index is 0.0268. The molecule has 0 fully saturated rings. The maximum absolute atomic E-state index is 12.3. The molecule has 0 aliphatic heterocycles. The van der Waals surface area contributed by atoms with E-state index in [-0.39, 0.29) is 10.6 Å². The molecule has 110 valence electrons. The van der Waals surface area contributed by atoms with Gasteiger partial charge in [0.15, 0.2) is 9.84 Å². The summed E-state index contributed by atoms with van der Waals surface area (Å²) >= 11 is 3.16. The Morgan fingerprint density at radius 1 is 1.35 bits per heavy atom. The van der Waals surface area contributed by atoms with Crippen LogP contribution in [0.3, 0.4) is 0 Å². The van der Waals surface area contributed by atoms with Gasteiger partial charge in [0.1, 0.15) is 5.25 Å². The summed E-state index contributed by atoms with van der Waals surface area (Å²) in [5, 5.41) is 2.64. The highest BCUT2D eigenvalue weighted by Crippen LogP contribution is 2.26. The van der Waals surface area contributed by atoms with Crippen LogP contribution in [-0.2, 0) is 14.6 Å². The highest BCUT2D eigenvalue weighted by molar-refractivity contribution is 9.10. The zero-order valence-electron chi connectivity index (χ0n) is 10.8. The first-order valence-electron chi connectivity index (χ1n) is 5.51. The van der Waals surface area contributed by atoms with E-state index in [2.05, 4.69) is 21.2 Å². The zero-order chi connectivity index (χ0) is 15.5. The summed E-state index contributed by atoms with van der Waals surface area (Å²) in [5.41, 5.74) is 5.68. The molecule has 0 saturated carbocycles. The quantitative estimate of drug-likeness (QED) is 0.681. The molecule has 0 spiro atoms. The average molecular weight is 364 g/mol. The Kier molecular flexibility index (Phi) is 5.12. The van der Waals surface area contributed by atoms with Crippen molar-refractivity contribution in [2.24, 2.45) is 0 Å². The van der Waals surface area contributed by atoms with E-state index in [0.717, 1.165) is 0 Å². The van der Waals surface area contributed by atoms with E-state index in [1.54, 1.807) is 0 Å². The maximum atomic E-state index is 12.3. The number of anilines is 1. The standard InChI is InChI=1S/C11H14BrN3O4S/c1-6(10(16)15-11(17)14-2)20(18,19)9-4-3-7(12)5-8(9)13/h3-6H,13H2,1-2H3,(H2,14,15,16,17). The summed E-state index contributed by atoms with van der Waals surface area (Å²) in [4.78, 5) is 22.6. The van der Waals surface area contributed by atoms with Gasteiger partial charge in [-0.15, -0.1) is 0 Å². The number of nitrogens with two attached hydrogens (primary N) is 1. The van der Waals surface area contributed by atoms with E-state index in [1.807, 2.05) is 5.32 Å². The summed E-state index contributed by atoms with van der Waals surface area (Å²) in [7, 11) is -2.66. The second kappa shape index (κ2) is 6.23. The number of hydrogen-bond acceptors (Lipinski definition) is 5. The van der Waals surface area contributed by atoms with E-state index >= 15 is 0 Å². The fourth-order valence-corrected chi connectivity index (χ4v) is 3.13. The summed E-state index contributed by atoms with van der Waals surface area (Å²) in [6.45, 7) is 1.19. The Labute approximate surface area is 125 Å². The predicted octanol–water partition coefficient (Wildman–Crippen LogP) is 0.649. The van der Waals surface area contributed by atoms with Gasteiger partial charge in [-0.3, -0.25) is 10.1 Å². The SMILES string of the molecule is CNC(=O)NC(=O)C(C)S(=O)(=O)c1ccc(Br)cc1N. The first kappa shape index (κ1) is 16.4. The molecule has 7 nitrogen and oxygen atoms in total. The van der Waals surface area contributed by atoms with Gasteiger partial charge in [0, 0.05) is 11.5 Å². The molecule has 1 aromatic carbocycles. The van der Waals surface area contributed by atoms with Gasteiger partial charge in [0.2, 0.25) is 5.91 Å². The van der Waals surface area contributed by atoms with Crippen LogP contribution in [-0.4, -0.2) is 32.7 Å². The lowest BCUT2D eigenvalue weighted by Gasteiger charge is -2.14. The van der Waals surface area contributed by atoms with Crippen LogP contribution in [0, 0.1) is 0 Å². The van der Waals surface area contributed by atoms with E-state index in [1.165, 1.54) is 32.2 Å². The average Bonchev–Trinajstić information content (AvgIpc) is 2.36. The smallest absolute Gasteiger partial charge is 0.321 e. The molecule has 0 aliphatic carbocycles. The monoisotopic (exact) mass is 363 g/mol. The minimum atomic E-state index is -3.98. The van der Waals surface area contributed by atoms with Crippen molar-refractivity contribution in [3.05, 3.63) is 22.7 Å². The van der Waals surface area contributed by atoms with Crippen LogP contribution in [0.5, 0.6) is 0 Å². The van der Waals surface area contributed by atoms with Crippen molar-refractivity contribution >= 4 is 43.4 Å². The molecule has 0 bridgehead atoms. The van der Waals surface area contributed by atoms with Crippen molar-refractivity contribution < 1.29 is 18.0 Å². The largest absolute Gasteiger partial charge is 0.398 e. The van der Waals surface area contributed by atoms with E-state index < -0.39 is 27.0 Å². The first-order valence-corrected chi connectivity index (χ1v) is 7.85. The van der Waals surface area contributed by atoms with Crippen molar-refractivity contribution in [1.82, 2.24) is 10.6 Å². The third-order valence-corrected chi connectivity index (χ3v) is 5.20. The number of urea groups is 1. The fourth-order valence-electron chi connectivity index (χ4n) is 1.39. The number of rotatable bonds is 3. The van der Waals surface area contributed by atoms with E-state index in [9.17, 15) is 18.0 Å². The molecule has 0 aromatic heterocycles. The molecule has 3 amide bonds. The molecule has 4 N–H and O–H groups in total. The van der Waals surface area contributed by atoms with Gasteiger partial charge < -0.3 is 11.1 Å². The number of imide groups is 1. The summed E-state index contributed by atoms with van der Waals surface area (Å²) in [6, 6.07) is 3.46. The topological polar surface area (TPSA) is 118 Å². The molecule has 1 rings (SSSR count). The molecule has 1 unspecified atom stereocenters. The lowest BCUT2D eigenvalue weighted by molar-refractivity contribution is -0.119. The van der Waals surface area contributed by atoms with E-state index in [0.29, 0.717) is 4.47 Å². The number of carbonyl (C=O) groups is 2. The molecule has 1 atom stereocenters. The highest BCUT2D eigenvalue weighted by atomic mass is 79.9. The van der Waals surface area contributed by atoms with Crippen LogP contribution < -0.4 is 16.4 Å². The predicted molar refractivity (Wildman–Crippen MR) is 77.8 cm³/mol. The molecular weight excluding hydrogens is 350 g/mol. The van der Waals surface area contributed by atoms with Crippen LogP contribution >= 0.6 is 15.9 Å². The van der Waals surface area contributed by atoms with Gasteiger partial charge >= 0.3 is 6.03 Å². The Hall–Kier alpha value is -1.61. The Balaban J connectivity index is 3.10. The third-order valence-electron chi connectivity index (χ3n) is 2.58. The molecule has 9 heteroatoms. The molecule has 0 heterocycles. The van der Waals surface area contributed by atoms with Crippen molar-refractivity contribution in [3.8, 4) is 0 Å². The molecule has 0 saturated heterocycles. The molecule has 0 radical (unpaired) electrons. The van der Waals surface area contributed by atoms with Gasteiger partial charge in [0.05, 0.1) is 10.6 Å². The summed E-state index contributed by atoms with van der Waals surface area (Å²) in [5.74, 6) is -0.924. The minimum Gasteiger partial charge on any atom is -0.398 e. The Morgan fingerprint density at radius 3 is 2.45 bits per heavy atom. The third kappa shape index (κ3) is 3.48. The molecule has 1 aromatic rings. The lowest BCUT2D eigenvalue weighted by atomic mass is 10.3. The second-order valence-corrected chi connectivity index (χ2v) is 7.09. The van der Waals surface area contributed by atoms with Gasteiger partial charge in [-0.25, -0.2) is 13.2 Å². The first-order chi connectivity index (χ1) is 9.20. The lowest BCUT2D eigenvalue weighted by Crippen LogP contribution is -2.44. The number of carbonyl (C=O) groups excluding carboxylic acids is 2. The molecule has 0 aliphatic rings. The highest BCUT2D eigenvalue weighted by Gasteiger charge is 2.32. The Morgan fingerprint density at radius 2 is 1.95 bits per heavy atom. The zero-order valence-corrected chi connectivity index (χ0v) is 13.2. The second-order valence-electron chi connectivity index (χ2n) is 3.94. The van der Waals surface area contributed by atoms with Crippen LogP contribution in [0.4, 0.5) is 10.5 Å². The number of sulfone groups is 1. The number of amides is 3. The van der Waals surface area contributed by atoms with Crippen molar-refractivity contribution in [3.63, 3.8) is 0 Å². The van der Waals surface area contributed by atoms with Crippen LogP contribution in [0.2, 0.25) is 0 Å². The van der Waals surface area contributed by atoms with Crippen LogP contribution in [0.1, 0.15) is 6.92 Å². The van der Waals surface area contributed by atoms with Gasteiger partial charge in [-0.2, -0.15) is 0 Å². The van der Waals surface area contributed by atoms with Crippen molar-refractivity contribution in [2.75, 3.05) is 12.8 Å². The number of hydrogen-bond donors (Lipinski definition) is 3. The number of nitrogen functional groups attached to an aromatic ring is 1. The number of nitrogens with one attached hydrogen (secondary N) is 2. The van der Waals surface area contributed by atoms with Crippen molar-refractivity contribution in [2.45, 2.75) is 17.1 Å².